The van der Waals surface area contributed by atoms with E-state index < -0.39 is 0 Å². The van der Waals surface area contributed by atoms with E-state index in [-0.39, 0.29) is 18.3 Å². The summed E-state index contributed by atoms with van der Waals surface area (Å²) >= 11 is 0. The first-order valence-corrected chi connectivity index (χ1v) is 5.85. The Morgan fingerprint density at radius 2 is 2.12 bits per heavy atom. The third kappa shape index (κ3) is 3.18. The molecule has 4 heteroatoms. The summed E-state index contributed by atoms with van der Waals surface area (Å²) in [7, 11) is 0. The van der Waals surface area contributed by atoms with Gasteiger partial charge < -0.3 is 9.47 Å². The molecule has 2 unspecified atom stereocenters. The maximum atomic E-state index is 8.76. The lowest BCUT2D eigenvalue weighted by Crippen LogP contribution is -2.35. The van der Waals surface area contributed by atoms with Crippen molar-refractivity contribution in [3.05, 3.63) is 24.0 Å². The molecule has 1 aliphatic heterocycles. The lowest BCUT2D eigenvalue weighted by Gasteiger charge is -2.32. The first kappa shape index (κ1) is 11.9. The van der Waals surface area contributed by atoms with Gasteiger partial charge in [-0.2, -0.15) is 5.26 Å². The van der Waals surface area contributed by atoms with Crippen LogP contribution in [0.4, 0.5) is 0 Å². The Kier molecular flexibility index (Phi) is 3.60. The third-order valence-corrected chi connectivity index (χ3v) is 2.80. The van der Waals surface area contributed by atoms with Crippen molar-refractivity contribution in [2.24, 2.45) is 0 Å². The van der Waals surface area contributed by atoms with Crippen LogP contribution in [0.2, 0.25) is 0 Å². The minimum Gasteiger partial charge on any atom is -0.490 e. The fourth-order valence-electron chi connectivity index (χ4n) is 2.18. The summed E-state index contributed by atoms with van der Waals surface area (Å²) in [5, 5.41) is 8.76. The van der Waals surface area contributed by atoms with Crippen molar-refractivity contribution in [2.75, 3.05) is 0 Å². The topological polar surface area (TPSA) is 55.1 Å². The number of pyridine rings is 1. The summed E-state index contributed by atoms with van der Waals surface area (Å²) in [6, 6.07) is 5.46. The summed E-state index contributed by atoms with van der Waals surface area (Å²) in [4.78, 5) is 3.92. The minimum absolute atomic E-state index is 0.155. The summed E-state index contributed by atoms with van der Waals surface area (Å²) in [6.07, 6.45) is 3.97. The summed E-state index contributed by atoms with van der Waals surface area (Å²) in [6.45, 7) is 4.11. The molecule has 2 rings (SSSR count). The molecule has 0 aromatic carbocycles. The molecule has 2 atom stereocenters. The van der Waals surface area contributed by atoms with Gasteiger partial charge in [0, 0.05) is 25.1 Å². The first-order chi connectivity index (χ1) is 8.17. The number of ether oxygens (including phenoxy) is 2. The van der Waals surface area contributed by atoms with Gasteiger partial charge in [-0.25, -0.2) is 4.98 Å². The van der Waals surface area contributed by atoms with Gasteiger partial charge in [0.2, 0.25) is 0 Å². The molecule has 1 saturated heterocycles. The van der Waals surface area contributed by atoms with Gasteiger partial charge in [-0.1, -0.05) is 0 Å². The molecule has 4 nitrogen and oxygen atoms in total. The average molecular weight is 232 g/mol. The number of aromatic nitrogens is 1. The lowest BCUT2D eigenvalue weighted by molar-refractivity contribution is -0.0721. The van der Waals surface area contributed by atoms with Crippen LogP contribution in [0.1, 0.15) is 32.4 Å². The molecule has 0 amide bonds. The van der Waals surface area contributed by atoms with Crippen LogP contribution in [0.3, 0.4) is 0 Å². The molecule has 1 fully saturated rings. The van der Waals surface area contributed by atoms with Gasteiger partial charge in [0.05, 0.1) is 12.2 Å². The van der Waals surface area contributed by atoms with E-state index in [9.17, 15) is 0 Å². The highest BCUT2D eigenvalue weighted by Gasteiger charge is 2.25. The third-order valence-electron chi connectivity index (χ3n) is 2.80. The number of hydrogen-bond acceptors (Lipinski definition) is 4. The molecule has 0 saturated carbocycles. The predicted octanol–water partition coefficient (Wildman–Crippen LogP) is 2.29. The molecule has 1 aliphatic rings. The first-order valence-electron chi connectivity index (χ1n) is 5.85. The Morgan fingerprint density at radius 3 is 2.76 bits per heavy atom. The molecule has 0 aliphatic carbocycles. The van der Waals surface area contributed by atoms with Gasteiger partial charge in [0.1, 0.15) is 23.6 Å². The molecule has 2 heterocycles. The number of nitriles is 1. The molecule has 0 radical (unpaired) electrons. The van der Waals surface area contributed by atoms with Crippen LogP contribution in [0, 0.1) is 11.3 Å². The second kappa shape index (κ2) is 5.15. The Labute approximate surface area is 101 Å². The van der Waals surface area contributed by atoms with Crippen molar-refractivity contribution >= 4 is 0 Å². The molecule has 0 spiro atoms. The monoisotopic (exact) mass is 232 g/mol. The SMILES string of the molecule is CC1CC(Oc2ccnc(C#N)c2)CC(C)O1. The van der Waals surface area contributed by atoms with Crippen LogP contribution in [0.25, 0.3) is 0 Å². The standard InChI is InChI=1S/C13H16N2O2/c1-9-5-13(6-10(2)16-9)17-12-3-4-15-11(7-12)8-14/h3-4,7,9-10,13H,5-6H2,1-2H3. The van der Waals surface area contributed by atoms with Crippen LogP contribution in [0.5, 0.6) is 5.75 Å². The maximum Gasteiger partial charge on any atom is 0.144 e. The molecule has 17 heavy (non-hydrogen) atoms. The molecule has 1 aromatic rings. The van der Waals surface area contributed by atoms with Crippen LogP contribution in [-0.2, 0) is 4.74 Å². The second-order valence-electron chi connectivity index (χ2n) is 4.46. The van der Waals surface area contributed by atoms with Crippen LogP contribution in [-0.4, -0.2) is 23.3 Å². The van der Waals surface area contributed by atoms with E-state index in [2.05, 4.69) is 18.8 Å². The van der Waals surface area contributed by atoms with Crippen molar-refractivity contribution < 1.29 is 9.47 Å². The van der Waals surface area contributed by atoms with Gasteiger partial charge in [0.25, 0.3) is 0 Å². The summed E-state index contributed by atoms with van der Waals surface area (Å²) in [5.41, 5.74) is 0.385. The second-order valence-corrected chi connectivity index (χ2v) is 4.46. The molecule has 0 bridgehead atoms. The number of hydrogen-bond donors (Lipinski definition) is 0. The van der Waals surface area contributed by atoms with Gasteiger partial charge in [-0.3, -0.25) is 0 Å². The Balaban J connectivity index is 2.02. The molecule has 90 valence electrons. The van der Waals surface area contributed by atoms with Crippen molar-refractivity contribution in [1.29, 1.82) is 5.26 Å². The summed E-state index contributed by atoms with van der Waals surface area (Å²) in [5.74, 6) is 0.711. The van der Waals surface area contributed by atoms with E-state index in [1.54, 1.807) is 18.3 Å². The van der Waals surface area contributed by atoms with E-state index in [1.807, 2.05) is 6.07 Å². The zero-order valence-corrected chi connectivity index (χ0v) is 10.1. The van der Waals surface area contributed by atoms with Gasteiger partial charge in [-0.05, 0) is 19.9 Å². The molecular formula is C13H16N2O2. The van der Waals surface area contributed by atoms with E-state index in [0.29, 0.717) is 11.4 Å². The highest BCUT2D eigenvalue weighted by atomic mass is 16.5. The van der Waals surface area contributed by atoms with Gasteiger partial charge >= 0.3 is 0 Å². The molecule has 0 N–H and O–H groups in total. The summed E-state index contributed by atoms with van der Waals surface area (Å²) < 4.78 is 11.5. The van der Waals surface area contributed by atoms with E-state index in [1.165, 1.54) is 0 Å². The van der Waals surface area contributed by atoms with Crippen molar-refractivity contribution in [3.8, 4) is 11.8 Å². The molecule has 1 aromatic heterocycles. The van der Waals surface area contributed by atoms with E-state index in [0.717, 1.165) is 12.8 Å². The average Bonchev–Trinajstić information content (AvgIpc) is 2.28. The van der Waals surface area contributed by atoms with E-state index >= 15 is 0 Å². The van der Waals surface area contributed by atoms with Crippen molar-refractivity contribution in [1.82, 2.24) is 4.98 Å². The fourth-order valence-corrected chi connectivity index (χ4v) is 2.18. The van der Waals surface area contributed by atoms with Crippen LogP contribution >= 0.6 is 0 Å². The Morgan fingerprint density at radius 1 is 1.41 bits per heavy atom. The fraction of sp³-hybridized carbons (Fsp3) is 0.538. The largest absolute Gasteiger partial charge is 0.490 e. The number of rotatable bonds is 2. The minimum atomic E-state index is 0.155. The lowest BCUT2D eigenvalue weighted by atomic mass is 10.0. The highest BCUT2D eigenvalue weighted by Crippen LogP contribution is 2.24. The van der Waals surface area contributed by atoms with Crippen LogP contribution < -0.4 is 4.74 Å². The zero-order chi connectivity index (χ0) is 12.3. The smallest absolute Gasteiger partial charge is 0.144 e. The normalized spacial score (nSPS) is 28.4. The van der Waals surface area contributed by atoms with Crippen molar-refractivity contribution in [3.63, 3.8) is 0 Å². The Hall–Kier alpha value is -1.60. The Bertz CT molecular complexity index is 418. The quantitative estimate of drug-likeness (QED) is 0.785. The maximum absolute atomic E-state index is 8.76. The van der Waals surface area contributed by atoms with Gasteiger partial charge in [0.15, 0.2) is 0 Å². The van der Waals surface area contributed by atoms with Crippen molar-refractivity contribution in [2.45, 2.75) is 45.0 Å². The van der Waals surface area contributed by atoms with E-state index in [4.69, 9.17) is 14.7 Å². The molecular weight excluding hydrogens is 216 g/mol. The van der Waals surface area contributed by atoms with Gasteiger partial charge in [-0.15, -0.1) is 0 Å². The zero-order valence-electron chi connectivity index (χ0n) is 10.1. The number of nitrogens with zero attached hydrogens (tertiary/aromatic N) is 2. The van der Waals surface area contributed by atoms with Crippen LogP contribution in [0.15, 0.2) is 18.3 Å². The predicted molar refractivity (Wildman–Crippen MR) is 62.6 cm³/mol. The highest BCUT2D eigenvalue weighted by molar-refractivity contribution is 5.29.